The normalized spacial score (nSPS) is 18.1. The lowest BCUT2D eigenvalue weighted by Crippen LogP contribution is -2.35. The third kappa shape index (κ3) is 3.80. The van der Waals surface area contributed by atoms with Crippen LogP contribution in [0.1, 0.15) is 34.1 Å². The van der Waals surface area contributed by atoms with E-state index in [9.17, 15) is 5.11 Å². The van der Waals surface area contributed by atoms with Crippen molar-refractivity contribution in [1.82, 2.24) is 4.90 Å². The predicted molar refractivity (Wildman–Crippen MR) is 67.0 cm³/mol. The first-order valence-corrected chi connectivity index (χ1v) is 5.52. The second-order valence-electron chi connectivity index (χ2n) is 4.36. The molecule has 0 fully saturated rings. The second kappa shape index (κ2) is 6.09. The highest BCUT2D eigenvalue weighted by molar-refractivity contribution is 5.29. The summed E-state index contributed by atoms with van der Waals surface area (Å²) in [7, 11) is 4.05. The minimum atomic E-state index is -0.770. The third-order valence-electron chi connectivity index (χ3n) is 3.09. The molecule has 15 heavy (non-hydrogen) atoms. The Kier molecular flexibility index (Phi) is 5.84. The molecule has 0 saturated carbocycles. The summed E-state index contributed by atoms with van der Waals surface area (Å²) in [6.45, 7) is 8.80. The van der Waals surface area contributed by atoms with Gasteiger partial charge in [-0.2, -0.15) is 0 Å². The van der Waals surface area contributed by atoms with Crippen LogP contribution in [0.25, 0.3) is 0 Å². The Morgan fingerprint density at radius 3 is 1.80 bits per heavy atom. The molecule has 88 valence electrons. The summed E-state index contributed by atoms with van der Waals surface area (Å²) in [5, 5.41) is 10.6. The van der Waals surface area contributed by atoms with E-state index in [1.165, 1.54) is 0 Å². The first kappa shape index (κ1) is 14.4. The molecular formula is C13H25NO. The topological polar surface area (TPSA) is 23.5 Å². The number of hydrogen-bond donors (Lipinski definition) is 1. The van der Waals surface area contributed by atoms with Gasteiger partial charge in [0.1, 0.15) is 5.60 Å². The van der Waals surface area contributed by atoms with Crippen molar-refractivity contribution in [2.24, 2.45) is 0 Å². The monoisotopic (exact) mass is 211 g/mol. The maximum atomic E-state index is 10.6. The Bertz CT molecular complexity index is 233. The average Bonchev–Trinajstić information content (AvgIpc) is 2.23. The number of nitrogens with zero attached hydrogens (tertiary/aromatic N) is 1. The van der Waals surface area contributed by atoms with Gasteiger partial charge >= 0.3 is 0 Å². The SMILES string of the molecule is C/C=C(\C)C(O)(CCN(C)C)/C(C)=C/C. The van der Waals surface area contributed by atoms with E-state index in [1.807, 2.05) is 53.9 Å². The van der Waals surface area contributed by atoms with Crippen molar-refractivity contribution >= 4 is 0 Å². The molecule has 0 radical (unpaired) electrons. The minimum Gasteiger partial charge on any atom is -0.381 e. The molecule has 0 amide bonds. The molecule has 0 rings (SSSR count). The molecule has 0 aliphatic carbocycles. The molecule has 0 spiro atoms. The summed E-state index contributed by atoms with van der Waals surface area (Å²) in [4.78, 5) is 2.09. The number of allylic oxidation sites excluding steroid dienone is 2. The zero-order chi connectivity index (χ0) is 12.1. The molecule has 0 aromatic carbocycles. The van der Waals surface area contributed by atoms with E-state index in [-0.39, 0.29) is 0 Å². The summed E-state index contributed by atoms with van der Waals surface area (Å²) in [6, 6.07) is 0. The van der Waals surface area contributed by atoms with Crippen molar-refractivity contribution in [1.29, 1.82) is 0 Å². The van der Waals surface area contributed by atoms with Crippen LogP contribution >= 0.6 is 0 Å². The number of aliphatic hydroxyl groups is 1. The summed E-state index contributed by atoms with van der Waals surface area (Å²) >= 11 is 0. The van der Waals surface area contributed by atoms with Gasteiger partial charge in [-0.1, -0.05) is 12.2 Å². The fraction of sp³-hybridized carbons (Fsp3) is 0.692. The highest BCUT2D eigenvalue weighted by Gasteiger charge is 2.29. The molecule has 2 nitrogen and oxygen atoms in total. The van der Waals surface area contributed by atoms with Crippen molar-refractivity contribution in [3.05, 3.63) is 23.3 Å². The average molecular weight is 211 g/mol. The Labute approximate surface area is 94.3 Å². The lowest BCUT2D eigenvalue weighted by Gasteiger charge is -2.31. The lowest BCUT2D eigenvalue weighted by atomic mass is 9.84. The smallest absolute Gasteiger partial charge is 0.107 e. The molecular weight excluding hydrogens is 186 g/mol. The molecule has 0 bridgehead atoms. The van der Waals surface area contributed by atoms with Gasteiger partial charge in [-0.3, -0.25) is 0 Å². The summed E-state index contributed by atoms with van der Waals surface area (Å²) in [5.74, 6) is 0. The molecule has 0 aromatic heterocycles. The number of hydrogen-bond acceptors (Lipinski definition) is 2. The molecule has 0 atom stereocenters. The molecule has 0 heterocycles. The van der Waals surface area contributed by atoms with E-state index in [2.05, 4.69) is 4.90 Å². The van der Waals surface area contributed by atoms with Crippen LogP contribution in [0.4, 0.5) is 0 Å². The van der Waals surface area contributed by atoms with Crippen LogP contribution in [0.5, 0.6) is 0 Å². The van der Waals surface area contributed by atoms with Gasteiger partial charge in [0, 0.05) is 6.54 Å². The Balaban J connectivity index is 4.88. The Morgan fingerprint density at radius 2 is 1.53 bits per heavy atom. The summed E-state index contributed by atoms with van der Waals surface area (Å²) in [5.41, 5.74) is 1.29. The molecule has 0 unspecified atom stereocenters. The summed E-state index contributed by atoms with van der Waals surface area (Å²) in [6.07, 6.45) is 4.72. The maximum absolute atomic E-state index is 10.6. The van der Waals surface area contributed by atoms with Crippen molar-refractivity contribution in [3.8, 4) is 0 Å². The third-order valence-corrected chi connectivity index (χ3v) is 3.09. The van der Waals surface area contributed by atoms with Crippen LogP contribution < -0.4 is 0 Å². The van der Waals surface area contributed by atoms with Crippen LogP contribution in [0.2, 0.25) is 0 Å². The van der Waals surface area contributed by atoms with E-state index < -0.39 is 5.60 Å². The molecule has 0 aliphatic rings. The van der Waals surface area contributed by atoms with Gasteiger partial charge in [0.25, 0.3) is 0 Å². The van der Waals surface area contributed by atoms with Crippen molar-refractivity contribution < 1.29 is 5.11 Å². The van der Waals surface area contributed by atoms with Gasteiger partial charge in [0.2, 0.25) is 0 Å². The van der Waals surface area contributed by atoms with Crippen molar-refractivity contribution in [2.45, 2.75) is 39.7 Å². The van der Waals surface area contributed by atoms with Gasteiger partial charge in [0.15, 0.2) is 0 Å². The van der Waals surface area contributed by atoms with Crippen LogP contribution in [0.3, 0.4) is 0 Å². The van der Waals surface area contributed by atoms with E-state index in [1.54, 1.807) is 0 Å². The van der Waals surface area contributed by atoms with E-state index in [0.717, 1.165) is 24.1 Å². The molecule has 0 aromatic rings. The molecule has 0 saturated heterocycles. The van der Waals surface area contributed by atoms with Crippen molar-refractivity contribution in [2.75, 3.05) is 20.6 Å². The molecule has 0 aliphatic heterocycles. The zero-order valence-electron chi connectivity index (χ0n) is 11.0. The molecule has 1 N–H and O–H groups in total. The number of rotatable bonds is 5. The zero-order valence-corrected chi connectivity index (χ0v) is 11.0. The Morgan fingerprint density at radius 1 is 1.13 bits per heavy atom. The van der Waals surface area contributed by atoms with E-state index >= 15 is 0 Å². The van der Waals surface area contributed by atoms with E-state index in [0.29, 0.717) is 0 Å². The highest BCUT2D eigenvalue weighted by atomic mass is 16.3. The largest absolute Gasteiger partial charge is 0.381 e. The highest BCUT2D eigenvalue weighted by Crippen LogP contribution is 2.29. The van der Waals surface area contributed by atoms with Crippen LogP contribution in [-0.2, 0) is 0 Å². The van der Waals surface area contributed by atoms with Gasteiger partial charge in [-0.05, 0) is 59.4 Å². The fourth-order valence-electron chi connectivity index (χ4n) is 1.57. The van der Waals surface area contributed by atoms with Crippen LogP contribution in [0.15, 0.2) is 23.3 Å². The summed E-state index contributed by atoms with van der Waals surface area (Å²) < 4.78 is 0. The fourth-order valence-corrected chi connectivity index (χ4v) is 1.57. The van der Waals surface area contributed by atoms with Gasteiger partial charge in [-0.25, -0.2) is 0 Å². The van der Waals surface area contributed by atoms with Crippen LogP contribution in [-0.4, -0.2) is 36.2 Å². The quantitative estimate of drug-likeness (QED) is 0.707. The van der Waals surface area contributed by atoms with Crippen LogP contribution in [0, 0.1) is 0 Å². The minimum absolute atomic E-state index is 0.742. The Hall–Kier alpha value is -0.600. The van der Waals surface area contributed by atoms with E-state index in [4.69, 9.17) is 0 Å². The standard InChI is InChI=1S/C13H25NO/c1-7-11(3)13(15,12(4)8-2)9-10-14(5)6/h7-8,15H,9-10H2,1-6H3/b11-7+,12-8+. The first-order chi connectivity index (χ1) is 6.88. The van der Waals surface area contributed by atoms with Gasteiger partial charge in [0.05, 0.1) is 0 Å². The maximum Gasteiger partial charge on any atom is 0.107 e. The lowest BCUT2D eigenvalue weighted by molar-refractivity contribution is 0.0969. The van der Waals surface area contributed by atoms with Gasteiger partial charge in [-0.15, -0.1) is 0 Å². The van der Waals surface area contributed by atoms with Crippen molar-refractivity contribution in [3.63, 3.8) is 0 Å². The predicted octanol–water partition coefficient (Wildman–Crippen LogP) is 2.60. The molecule has 2 heteroatoms. The van der Waals surface area contributed by atoms with Gasteiger partial charge < -0.3 is 10.0 Å². The first-order valence-electron chi connectivity index (χ1n) is 5.52. The second-order valence-corrected chi connectivity index (χ2v) is 4.36.